The molecule has 0 fully saturated rings. The van der Waals surface area contributed by atoms with Gasteiger partial charge in [0.2, 0.25) is 5.95 Å². The Bertz CT molecular complexity index is 280. The molecule has 0 aliphatic heterocycles. The number of anilines is 1. The number of nitrogens with two attached hydrogens (primary N) is 1. The van der Waals surface area contributed by atoms with E-state index in [-0.39, 0.29) is 0 Å². The van der Waals surface area contributed by atoms with Gasteiger partial charge in [-0.25, -0.2) is 9.97 Å². The molecule has 1 rings (SSSR count). The molecule has 13 heavy (non-hydrogen) atoms. The second-order valence-electron chi connectivity index (χ2n) is 2.58. The summed E-state index contributed by atoms with van der Waals surface area (Å²) in [5, 5.41) is 0.931. The molecule has 2 N–H and O–H groups in total. The van der Waals surface area contributed by atoms with E-state index in [4.69, 9.17) is 5.73 Å². The largest absolute Gasteiger partial charge is 0.368 e. The van der Waals surface area contributed by atoms with Gasteiger partial charge >= 0.3 is 0 Å². The zero-order valence-corrected chi connectivity index (χ0v) is 9.86. The summed E-state index contributed by atoms with van der Waals surface area (Å²) >= 11 is 5.09. The molecule has 0 saturated heterocycles. The summed E-state index contributed by atoms with van der Waals surface area (Å²) in [6, 6.07) is 0. The summed E-state index contributed by atoms with van der Waals surface area (Å²) in [4.78, 5) is 8.00. The van der Waals surface area contributed by atoms with Crippen LogP contribution < -0.4 is 5.73 Å². The molecule has 0 amide bonds. The van der Waals surface area contributed by atoms with Crippen molar-refractivity contribution in [2.45, 2.75) is 24.8 Å². The highest BCUT2D eigenvalue weighted by Crippen LogP contribution is 2.25. The highest BCUT2D eigenvalue weighted by atomic mass is 79.9. The van der Waals surface area contributed by atoms with Crippen LogP contribution in [0.15, 0.2) is 15.7 Å². The van der Waals surface area contributed by atoms with E-state index in [9.17, 15) is 0 Å². The van der Waals surface area contributed by atoms with Crippen LogP contribution in [0.3, 0.4) is 0 Å². The normalized spacial score (nSPS) is 10.3. The van der Waals surface area contributed by atoms with E-state index in [1.165, 1.54) is 12.8 Å². The van der Waals surface area contributed by atoms with Crippen molar-refractivity contribution in [1.29, 1.82) is 0 Å². The molecule has 0 bridgehead atoms. The highest BCUT2D eigenvalue weighted by molar-refractivity contribution is 9.10. The van der Waals surface area contributed by atoms with Gasteiger partial charge in [-0.2, -0.15) is 0 Å². The van der Waals surface area contributed by atoms with E-state index >= 15 is 0 Å². The number of hydrogen-bond donors (Lipinski definition) is 1. The Morgan fingerprint density at radius 3 is 3.08 bits per heavy atom. The fourth-order valence-corrected chi connectivity index (χ4v) is 2.29. The molecule has 0 saturated carbocycles. The zero-order chi connectivity index (χ0) is 9.68. The molecule has 1 aromatic rings. The van der Waals surface area contributed by atoms with Crippen molar-refractivity contribution in [1.82, 2.24) is 9.97 Å². The van der Waals surface area contributed by atoms with Gasteiger partial charge in [0.05, 0.1) is 4.47 Å². The third-order valence-corrected chi connectivity index (χ3v) is 3.39. The topological polar surface area (TPSA) is 51.8 Å². The summed E-state index contributed by atoms with van der Waals surface area (Å²) in [6.45, 7) is 2.17. The fourth-order valence-electron chi connectivity index (χ4n) is 0.779. The number of thioether (sulfide) groups is 1. The summed E-state index contributed by atoms with van der Waals surface area (Å²) < 4.78 is 0.919. The predicted octanol–water partition coefficient (Wildman–Crippen LogP) is 2.71. The molecule has 3 nitrogen and oxygen atoms in total. The van der Waals surface area contributed by atoms with Crippen LogP contribution >= 0.6 is 27.7 Å². The van der Waals surface area contributed by atoms with Crippen LogP contribution in [0, 0.1) is 0 Å². The number of nitrogens with zero attached hydrogens (tertiary/aromatic N) is 2. The highest BCUT2D eigenvalue weighted by Gasteiger charge is 2.02. The van der Waals surface area contributed by atoms with Gasteiger partial charge in [0, 0.05) is 6.20 Å². The van der Waals surface area contributed by atoms with Gasteiger partial charge in [0.15, 0.2) is 0 Å². The first kappa shape index (κ1) is 10.8. The number of halogens is 1. The van der Waals surface area contributed by atoms with E-state index in [1.807, 2.05) is 0 Å². The van der Waals surface area contributed by atoms with E-state index in [1.54, 1.807) is 18.0 Å². The second kappa shape index (κ2) is 5.44. The first-order chi connectivity index (χ1) is 6.24. The number of rotatable bonds is 4. The molecule has 0 unspecified atom stereocenters. The Hall–Kier alpha value is -0.290. The van der Waals surface area contributed by atoms with Crippen LogP contribution in [0.2, 0.25) is 0 Å². The molecule has 1 aromatic heterocycles. The molecule has 0 spiro atoms. The zero-order valence-electron chi connectivity index (χ0n) is 7.46. The van der Waals surface area contributed by atoms with Crippen LogP contribution in [0.25, 0.3) is 0 Å². The minimum atomic E-state index is 0.335. The van der Waals surface area contributed by atoms with Gasteiger partial charge in [-0.05, 0) is 28.1 Å². The van der Waals surface area contributed by atoms with Crippen molar-refractivity contribution in [3.05, 3.63) is 10.7 Å². The Morgan fingerprint density at radius 2 is 2.38 bits per heavy atom. The molecule has 0 atom stereocenters. The standard InChI is InChI=1S/C8H12BrN3S/c1-2-3-4-13-7-6(9)5-11-8(10)12-7/h5H,2-4H2,1H3,(H2,10,11,12). The maximum atomic E-state index is 5.48. The summed E-state index contributed by atoms with van der Waals surface area (Å²) in [5.41, 5.74) is 5.48. The van der Waals surface area contributed by atoms with Crippen molar-refractivity contribution in [3.8, 4) is 0 Å². The van der Waals surface area contributed by atoms with Crippen molar-refractivity contribution in [2.75, 3.05) is 11.5 Å². The lowest BCUT2D eigenvalue weighted by atomic mass is 10.4. The quantitative estimate of drug-likeness (QED) is 0.515. The van der Waals surface area contributed by atoms with Crippen molar-refractivity contribution >= 4 is 33.6 Å². The maximum Gasteiger partial charge on any atom is 0.221 e. The van der Waals surface area contributed by atoms with Crippen LogP contribution in [-0.2, 0) is 0 Å². The van der Waals surface area contributed by atoms with Gasteiger partial charge in [0.25, 0.3) is 0 Å². The average Bonchev–Trinajstić information content (AvgIpc) is 2.11. The molecule has 5 heteroatoms. The van der Waals surface area contributed by atoms with Crippen LogP contribution in [0.1, 0.15) is 19.8 Å². The predicted molar refractivity (Wildman–Crippen MR) is 59.8 cm³/mol. The monoisotopic (exact) mass is 261 g/mol. The number of unbranched alkanes of at least 4 members (excludes halogenated alkanes) is 1. The van der Waals surface area contributed by atoms with Gasteiger partial charge < -0.3 is 5.73 Å². The summed E-state index contributed by atoms with van der Waals surface area (Å²) in [7, 11) is 0. The Morgan fingerprint density at radius 1 is 1.62 bits per heavy atom. The second-order valence-corrected chi connectivity index (χ2v) is 4.52. The van der Waals surface area contributed by atoms with E-state index in [0.717, 1.165) is 15.3 Å². The molecule has 0 aliphatic rings. The minimum Gasteiger partial charge on any atom is -0.368 e. The van der Waals surface area contributed by atoms with Gasteiger partial charge in [-0.15, -0.1) is 11.8 Å². The molecule has 1 heterocycles. The minimum absolute atomic E-state index is 0.335. The van der Waals surface area contributed by atoms with E-state index in [2.05, 4.69) is 32.8 Å². The first-order valence-electron chi connectivity index (χ1n) is 4.15. The fraction of sp³-hybridized carbons (Fsp3) is 0.500. The van der Waals surface area contributed by atoms with Gasteiger partial charge in [-0.3, -0.25) is 0 Å². The molecule has 0 aliphatic carbocycles. The van der Waals surface area contributed by atoms with Crippen molar-refractivity contribution in [2.24, 2.45) is 0 Å². The van der Waals surface area contributed by atoms with Crippen LogP contribution in [-0.4, -0.2) is 15.7 Å². The smallest absolute Gasteiger partial charge is 0.221 e. The number of aromatic nitrogens is 2. The Kier molecular flexibility index (Phi) is 4.52. The summed E-state index contributed by atoms with van der Waals surface area (Å²) in [5.74, 6) is 1.41. The molecular weight excluding hydrogens is 250 g/mol. The maximum absolute atomic E-state index is 5.48. The van der Waals surface area contributed by atoms with Crippen LogP contribution in [0.4, 0.5) is 5.95 Å². The Labute approximate surface area is 90.7 Å². The SMILES string of the molecule is CCCCSc1nc(N)ncc1Br. The lowest BCUT2D eigenvalue weighted by molar-refractivity contribution is 0.893. The first-order valence-corrected chi connectivity index (χ1v) is 5.92. The number of hydrogen-bond acceptors (Lipinski definition) is 4. The molecule has 72 valence electrons. The third kappa shape index (κ3) is 3.52. The summed E-state index contributed by atoms with van der Waals surface area (Å²) in [6.07, 6.45) is 4.09. The van der Waals surface area contributed by atoms with E-state index < -0.39 is 0 Å². The lowest BCUT2D eigenvalue weighted by Gasteiger charge is -2.02. The van der Waals surface area contributed by atoms with Crippen LogP contribution in [0.5, 0.6) is 0 Å². The van der Waals surface area contributed by atoms with E-state index in [0.29, 0.717) is 5.95 Å². The molecule has 0 aromatic carbocycles. The lowest BCUT2D eigenvalue weighted by Crippen LogP contribution is -1.96. The third-order valence-electron chi connectivity index (χ3n) is 1.47. The molecular formula is C8H12BrN3S. The number of nitrogen functional groups attached to an aromatic ring is 1. The Balaban J connectivity index is 2.59. The van der Waals surface area contributed by atoms with Crippen molar-refractivity contribution in [3.63, 3.8) is 0 Å². The van der Waals surface area contributed by atoms with Crippen molar-refractivity contribution < 1.29 is 0 Å². The van der Waals surface area contributed by atoms with Gasteiger partial charge in [0.1, 0.15) is 5.03 Å². The van der Waals surface area contributed by atoms with Gasteiger partial charge in [-0.1, -0.05) is 13.3 Å². The average molecular weight is 262 g/mol. The molecule has 0 radical (unpaired) electrons.